The predicted molar refractivity (Wildman–Crippen MR) is 81.1 cm³/mol. The maximum atomic E-state index is 5.68. The highest BCUT2D eigenvalue weighted by Crippen LogP contribution is 2.26. The van der Waals surface area contributed by atoms with E-state index in [4.69, 9.17) is 9.47 Å². The molecule has 1 N–H and O–H groups in total. The first kappa shape index (κ1) is 14.8. The van der Waals surface area contributed by atoms with Gasteiger partial charge in [-0.15, -0.1) is 0 Å². The number of nitrogens with zero attached hydrogens (tertiary/aromatic N) is 1. The number of ether oxygens (including phenoxy) is 2. The fraction of sp³-hybridized carbons (Fsp3) is 0.438. The second-order valence-electron chi connectivity index (χ2n) is 5.01. The summed E-state index contributed by atoms with van der Waals surface area (Å²) in [4.78, 5) is 4.44. The van der Waals surface area contributed by atoms with E-state index >= 15 is 0 Å². The lowest BCUT2D eigenvalue weighted by Crippen LogP contribution is -2.22. The normalized spacial score (nSPS) is 11.2. The molecule has 0 aliphatic rings. The topological polar surface area (TPSA) is 43.4 Å². The summed E-state index contributed by atoms with van der Waals surface area (Å²) < 4.78 is 10.7. The van der Waals surface area contributed by atoms with E-state index in [0.29, 0.717) is 25.1 Å². The van der Waals surface area contributed by atoms with E-state index in [1.165, 1.54) is 10.9 Å². The fourth-order valence-electron chi connectivity index (χ4n) is 2.02. The first-order valence-electron chi connectivity index (χ1n) is 6.94. The average molecular weight is 274 g/mol. The summed E-state index contributed by atoms with van der Waals surface area (Å²) in [7, 11) is 1.66. The van der Waals surface area contributed by atoms with Gasteiger partial charge in [-0.05, 0) is 17.0 Å². The summed E-state index contributed by atoms with van der Waals surface area (Å²) in [6.45, 7) is 6.16. The summed E-state index contributed by atoms with van der Waals surface area (Å²) in [5.41, 5.74) is 1.19. The Morgan fingerprint density at radius 2 is 1.90 bits per heavy atom. The van der Waals surface area contributed by atoms with E-state index in [2.05, 4.69) is 30.2 Å². The van der Waals surface area contributed by atoms with Gasteiger partial charge in [0.2, 0.25) is 5.88 Å². The van der Waals surface area contributed by atoms with Gasteiger partial charge in [-0.2, -0.15) is 0 Å². The van der Waals surface area contributed by atoms with Gasteiger partial charge in [-0.25, -0.2) is 4.98 Å². The predicted octanol–water partition coefficient (Wildman–Crippen LogP) is 2.76. The lowest BCUT2D eigenvalue weighted by Gasteiger charge is -2.13. The van der Waals surface area contributed by atoms with Gasteiger partial charge in [0.15, 0.2) is 0 Å². The fourth-order valence-corrected chi connectivity index (χ4v) is 2.02. The quantitative estimate of drug-likeness (QED) is 0.788. The number of rotatable bonds is 7. The largest absolute Gasteiger partial charge is 0.475 e. The maximum Gasteiger partial charge on any atom is 0.221 e. The molecule has 2 aromatic rings. The smallest absolute Gasteiger partial charge is 0.221 e. The van der Waals surface area contributed by atoms with Crippen molar-refractivity contribution in [1.82, 2.24) is 10.3 Å². The molecule has 0 saturated heterocycles. The van der Waals surface area contributed by atoms with Crippen LogP contribution in [-0.4, -0.2) is 31.3 Å². The van der Waals surface area contributed by atoms with Crippen LogP contribution >= 0.6 is 0 Å². The highest BCUT2D eigenvalue weighted by atomic mass is 16.5. The molecule has 4 nitrogen and oxygen atoms in total. The van der Waals surface area contributed by atoms with Gasteiger partial charge < -0.3 is 14.8 Å². The molecule has 0 aliphatic heterocycles. The summed E-state index contributed by atoms with van der Waals surface area (Å²) >= 11 is 0. The standard InChI is InChI=1S/C16H22N2O2/c1-12(2)17-10-13-11-18-16(20-9-8-19-3)15-7-5-4-6-14(13)15/h4-7,11-12,17H,8-10H2,1-3H3. The molecule has 1 aromatic heterocycles. The third-order valence-electron chi connectivity index (χ3n) is 3.07. The Kier molecular flexibility index (Phi) is 5.32. The van der Waals surface area contributed by atoms with Gasteiger partial charge in [0.05, 0.1) is 6.61 Å². The van der Waals surface area contributed by atoms with E-state index in [0.717, 1.165) is 11.9 Å². The van der Waals surface area contributed by atoms with Gasteiger partial charge in [-0.1, -0.05) is 32.0 Å². The molecule has 0 radical (unpaired) electrons. The lowest BCUT2D eigenvalue weighted by atomic mass is 10.1. The molecule has 108 valence electrons. The van der Waals surface area contributed by atoms with E-state index in [1.54, 1.807) is 7.11 Å². The molecular formula is C16H22N2O2. The molecule has 1 heterocycles. The third-order valence-corrected chi connectivity index (χ3v) is 3.07. The number of methoxy groups -OCH3 is 1. The molecule has 0 spiro atoms. The molecular weight excluding hydrogens is 252 g/mol. The average Bonchev–Trinajstić information content (AvgIpc) is 2.46. The summed E-state index contributed by atoms with van der Waals surface area (Å²) in [6.07, 6.45) is 1.89. The van der Waals surface area contributed by atoms with Crippen LogP contribution in [0.1, 0.15) is 19.4 Å². The molecule has 20 heavy (non-hydrogen) atoms. The van der Waals surface area contributed by atoms with E-state index in [1.807, 2.05) is 24.4 Å². The highest BCUT2D eigenvalue weighted by Gasteiger charge is 2.08. The summed E-state index contributed by atoms with van der Waals surface area (Å²) in [5, 5.41) is 5.66. The second kappa shape index (κ2) is 7.22. The van der Waals surface area contributed by atoms with Crippen molar-refractivity contribution >= 4 is 10.8 Å². The van der Waals surface area contributed by atoms with Crippen LogP contribution in [0.3, 0.4) is 0 Å². The second-order valence-corrected chi connectivity index (χ2v) is 5.01. The van der Waals surface area contributed by atoms with E-state index in [9.17, 15) is 0 Å². The number of benzene rings is 1. The Hall–Kier alpha value is -1.65. The van der Waals surface area contributed by atoms with Crippen LogP contribution in [0, 0.1) is 0 Å². The number of fused-ring (bicyclic) bond motifs is 1. The van der Waals surface area contributed by atoms with Crippen molar-refractivity contribution in [2.45, 2.75) is 26.4 Å². The maximum absolute atomic E-state index is 5.68. The van der Waals surface area contributed by atoms with Crippen molar-refractivity contribution in [2.24, 2.45) is 0 Å². The Morgan fingerprint density at radius 1 is 1.15 bits per heavy atom. The minimum absolute atomic E-state index is 0.450. The number of nitrogens with one attached hydrogen (secondary N) is 1. The Morgan fingerprint density at radius 3 is 2.60 bits per heavy atom. The zero-order chi connectivity index (χ0) is 14.4. The van der Waals surface area contributed by atoms with Crippen molar-refractivity contribution in [3.8, 4) is 5.88 Å². The molecule has 2 rings (SSSR count). The number of hydrogen-bond donors (Lipinski definition) is 1. The van der Waals surface area contributed by atoms with Crippen molar-refractivity contribution < 1.29 is 9.47 Å². The zero-order valence-corrected chi connectivity index (χ0v) is 12.3. The first-order chi connectivity index (χ1) is 9.72. The molecule has 0 amide bonds. The number of aromatic nitrogens is 1. The Labute approximate surface area is 120 Å². The van der Waals surface area contributed by atoms with Crippen LogP contribution in [0.2, 0.25) is 0 Å². The van der Waals surface area contributed by atoms with Crippen LogP contribution in [-0.2, 0) is 11.3 Å². The third kappa shape index (κ3) is 3.68. The first-order valence-corrected chi connectivity index (χ1v) is 6.94. The van der Waals surface area contributed by atoms with Crippen LogP contribution in [0.5, 0.6) is 5.88 Å². The molecule has 4 heteroatoms. The molecule has 0 bridgehead atoms. The Balaban J connectivity index is 2.26. The molecule has 0 aliphatic carbocycles. The van der Waals surface area contributed by atoms with E-state index in [-0.39, 0.29) is 0 Å². The van der Waals surface area contributed by atoms with Crippen LogP contribution in [0.4, 0.5) is 0 Å². The van der Waals surface area contributed by atoms with Gasteiger partial charge in [-0.3, -0.25) is 0 Å². The van der Waals surface area contributed by atoms with Crippen LogP contribution < -0.4 is 10.1 Å². The van der Waals surface area contributed by atoms with Crippen molar-refractivity contribution in [2.75, 3.05) is 20.3 Å². The highest BCUT2D eigenvalue weighted by molar-refractivity contribution is 5.89. The van der Waals surface area contributed by atoms with Crippen molar-refractivity contribution in [1.29, 1.82) is 0 Å². The molecule has 1 aromatic carbocycles. The van der Waals surface area contributed by atoms with Crippen molar-refractivity contribution in [3.05, 3.63) is 36.0 Å². The lowest BCUT2D eigenvalue weighted by molar-refractivity contribution is 0.144. The molecule has 0 saturated carbocycles. The monoisotopic (exact) mass is 274 g/mol. The molecule has 0 fully saturated rings. The van der Waals surface area contributed by atoms with Gasteiger partial charge in [0.25, 0.3) is 0 Å². The zero-order valence-electron chi connectivity index (χ0n) is 12.3. The summed E-state index contributed by atoms with van der Waals surface area (Å²) in [6, 6.07) is 8.65. The number of hydrogen-bond acceptors (Lipinski definition) is 4. The molecule has 0 atom stereocenters. The van der Waals surface area contributed by atoms with Gasteiger partial charge in [0.1, 0.15) is 6.61 Å². The SMILES string of the molecule is COCCOc1ncc(CNC(C)C)c2ccccc12. The van der Waals surface area contributed by atoms with Crippen molar-refractivity contribution in [3.63, 3.8) is 0 Å². The number of pyridine rings is 1. The van der Waals surface area contributed by atoms with E-state index < -0.39 is 0 Å². The van der Waals surface area contributed by atoms with Gasteiger partial charge >= 0.3 is 0 Å². The minimum Gasteiger partial charge on any atom is -0.475 e. The molecule has 0 unspecified atom stereocenters. The van der Waals surface area contributed by atoms with Crippen LogP contribution in [0.15, 0.2) is 30.5 Å². The Bertz CT molecular complexity index is 555. The minimum atomic E-state index is 0.450. The van der Waals surface area contributed by atoms with Crippen LogP contribution in [0.25, 0.3) is 10.8 Å². The van der Waals surface area contributed by atoms with Gasteiger partial charge in [0, 0.05) is 31.3 Å². The summed E-state index contributed by atoms with van der Waals surface area (Å²) in [5.74, 6) is 0.672.